The number of nitrogens with zero attached hydrogens (tertiary/aromatic N) is 3. The van der Waals surface area contributed by atoms with Gasteiger partial charge in [0.2, 0.25) is 0 Å². The number of fused-ring (bicyclic) bond motifs is 3. The number of rotatable bonds is 3. The van der Waals surface area contributed by atoms with Crippen molar-refractivity contribution in [2.24, 2.45) is 0 Å². The van der Waals surface area contributed by atoms with E-state index in [1.165, 1.54) is 0 Å². The first-order chi connectivity index (χ1) is 11.9. The molecule has 3 heterocycles. The second kappa shape index (κ2) is 5.42. The lowest BCUT2D eigenvalue weighted by Crippen LogP contribution is -2.13. The lowest BCUT2D eigenvalue weighted by Gasteiger charge is -2.08. The number of aryl methyl sites for hydroxylation is 1. The lowest BCUT2D eigenvalue weighted by molar-refractivity contribution is 0.587. The van der Waals surface area contributed by atoms with E-state index in [-0.39, 0.29) is 0 Å². The van der Waals surface area contributed by atoms with Gasteiger partial charge in [-0.05, 0) is 39.0 Å². The van der Waals surface area contributed by atoms with Crippen molar-refractivity contribution < 1.29 is 8.42 Å². The highest BCUT2D eigenvalue weighted by atomic mass is 32.2. The molecule has 0 aliphatic rings. The van der Waals surface area contributed by atoms with Crippen LogP contribution in [-0.4, -0.2) is 33.0 Å². The van der Waals surface area contributed by atoms with Crippen LogP contribution in [0, 0.1) is 6.92 Å². The average Bonchev–Trinajstić information content (AvgIpc) is 3.21. The summed E-state index contributed by atoms with van der Waals surface area (Å²) in [4.78, 5) is 12.6. The molecule has 0 aliphatic heterocycles. The van der Waals surface area contributed by atoms with Crippen molar-refractivity contribution in [2.75, 3.05) is 0 Å². The van der Waals surface area contributed by atoms with E-state index in [2.05, 4.69) is 15.0 Å². The van der Waals surface area contributed by atoms with Crippen LogP contribution < -0.4 is 0 Å². The van der Waals surface area contributed by atoms with Crippen LogP contribution in [-0.2, 0) is 9.84 Å². The van der Waals surface area contributed by atoms with E-state index < -0.39 is 15.1 Å². The third kappa shape index (κ3) is 2.34. The van der Waals surface area contributed by atoms with Gasteiger partial charge in [0.25, 0.3) is 0 Å². The Labute approximate surface area is 145 Å². The van der Waals surface area contributed by atoms with E-state index in [0.29, 0.717) is 4.90 Å². The summed E-state index contributed by atoms with van der Waals surface area (Å²) >= 11 is 0. The molecule has 4 aromatic rings. The van der Waals surface area contributed by atoms with Gasteiger partial charge < -0.3 is 4.98 Å². The molecule has 3 aromatic heterocycles. The van der Waals surface area contributed by atoms with Crippen LogP contribution in [0.4, 0.5) is 0 Å². The molecule has 4 rings (SSSR count). The Kier molecular flexibility index (Phi) is 3.43. The largest absolute Gasteiger partial charge is 0.345 e. The van der Waals surface area contributed by atoms with Crippen molar-refractivity contribution in [3.05, 3.63) is 48.5 Å². The van der Waals surface area contributed by atoms with Gasteiger partial charge in [0.05, 0.1) is 32.6 Å². The maximum Gasteiger partial charge on any atom is 0.180 e. The van der Waals surface area contributed by atoms with Crippen LogP contribution in [0.5, 0.6) is 0 Å². The molecule has 1 N–H and O–H groups in total. The van der Waals surface area contributed by atoms with Crippen molar-refractivity contribution in [2.45, 2.75) is 30.9 Å². The number of sulfone groups is 1. The van der Waals surface area contributed by atoms with Gasteiger partial charge in [-0.1, -0.05) is 12.1 Å². The molecule has 0 amide bonds. The van der Waals surface area contributed by atoms with Crippen LogP contribution in [0.25, 0.3) is 27.9 Å². The third-order valence-electron chi connectivity index (χ3n) is 4.43. The molecule has 0 saturated carbocycles. The molecule has 7 heteroatoms. The topological polar surface area (TPSA) is 80.1 Å². The first kappa shape index (κ1) is 15.8. The Hall–Kier alpha value is -2.67. The molecule has 0 fully saturated rings. The molecule has 128 valence electrons. The molecule has 0 aliphatic carbocycles. The van der Waals surface area contributed by atoms with Crippen molar-refractivity contribution in [3.8, 4) is 11.3 Å². The normalized spacial score (nSPS) is 12.5. The summed E-state index contributed by atoms with van der Waals surface area (Å²) < 4.78 is 26.6. The van der Waals surface area contributed by atoms with Crippen molar-refractivity contribution in [3.63, 3.8) is 0 Å². The van der Waals surface area contributed by atoms with Gasteiger partial charge in [0, 0.05) is 11.8 Å². The molecule has 6 nitrogen and oxygen atoms in total. The van der Waals surface area contributed by atoms with Crippen LogP contribution in [0.3, 0.4) is 0 Å². The Bertz CT molecular complexity index is 1190. The zero-order chi connectivity index (χ0) is 17.8. The summed E-state index contributed by atoms with van der Waals surface area (Å²) in [6, 6.07) is 8.86. The van der Waals surface area contributed by atoms with E-state index in [9.17, 15) is 8.42 Å². The second-order valence-corrected chi connectivity index (χ2v) is 8.84. The SMILES string of the molecule is Cc1nc2[nH]ccc2n2cnc(-c3ccc(S(=O)(=O)C(C)C)cc3)c12. The Morgan fingerprint density at radius 3 is 2.52 bits per heavy atom. The highest BCUT2D eigenvalue weighted by molar-refractivity contribution is 7.92. The molecule has 0 atom stereocenters. The van der Waals surface area contributed by atoms with Crippen LogP contribution >= 0.6 is 0 Å². The van der Waals surface area contributed by atoms with Gasteiger partial charge in [-0.15, -0.1) is 0 Å². The highest BCUT2D eigenvalue weighted by Crippen LogP contribution is 2.28. The first-order valence-electron chi connectivity index (χ1n) is 8.04. The zero-order valence-electron chi connectivity index (χ0n) is 14.2. The molecule has 1 aromatic carbocycles. The molecule has 25 heavy (non-hydrogen) atoms. The minimum atomic E-state index is -3.28. The summed E-state index contributed by atoms with van der Waals surface area (Å²) in [6.07, 6.45) is 3.62. The smallest absolute Gasteiger partial charge is 0.180 e. The van der Waals surface area contributed by atoms with Crippen molar-refractivity contribution >= 4 is 26.5 Å². The van der Waals surface area contributed by atoms with Gasteiger partial charge >= 0.3 is 0 Å². The Morgan fingerprint density at radius 2 is 1.84 bits per heavy atom. The number of benzene rings is 1. The van der Waals surface area contributed by atoms with Crippen LogP contribution in [0.15, 0.2) is 47.8 Å². The molecule has 0 radical (unpaired) electrons. The summed E-state index contributed by atoms with van der Waals surface area (Å²) in [5.74, 6) is 0. The minimum absolute atomic E-state index is 0.331. The number of hydrogen-bond donors (Lipinski definition) is 1. The predicted molar refractivity (Wildman–Crippen MR) is 97.3 cm³/mol. The van der Waals surface area contributed by atoms with Gasteiger partial charge in [-0.2, -0.15) is 0 Å². The Morgan fingerprint density at radius 1 is 1.12 bits per heavy atom. The van der Waals surface area contributed by atoms with E-state index in [1.807, 2.05) is 23.6 Å². The van der Waals surface area contributed by atoms with E-state index in [0.717, 1.165) is 33.6 Å². The molecular weight excluding hydrogens is 336 g/mol. The van der Waals surface area contributed by atoms with Crippen molar-refractivity contribution in [1.82, 2.24) is 19.4 Å². The van der Waals surface area contributed by atoms with E-state index >= 15 is 0 Å². The fraction of sp³-hybridized carbons (Fsp3) is 0.222. The number of hydrogen-bond acceptors (Lipinski definition) is 4. The summed E-state index contributed by atoms with van der Waals surface area (Å²) in [5, 5.41) is -0.444. The monoisotopic (exact) mass is 354 g/mol. The van der Waals surface area contributed by atoms with Crippen LogP contribution in [0.2, 0.25) is 0 Å². The Balaban J connectivity index is 1.88. The number of imidazole rings is 1. The number of aromatic amines is 1. The number of aromatic nitrogens is 4. The van der Waals surface area contributed by atoms with Gasteiger partial charge in [-0.25, -0.2) is 18.4 Å². The van der Waals surface area contributed by atoms with Gasteiger partial charge in [-0.3, -0.25) is 4.40 Å². The van der Waals surface area contributed by atoms with E-state index in [4.69, 9.17) is 0 Å². The van der Waals surface area contributed by atoms with Gasteiger partial charge in [0.15, 0.2) is 15.5 Å². The van der Waals surface area contributed by atoms with E-state index in [1.54, 1.807) is 44.4 Å². The highest BCUT2D eigenvalue weighted by Gasteiger charge is 2.20. The summed E-state index contributed by atoms with van der Waals surface area (Å²) in [6.45, 7) is 5.31. The number of H-pyrrole nitrogens is 1. The molecule has 0 bridgehead atoms. The predicted octanol–water partition coefficient (Wildman–Crippen LogP) is 3.37. The fourth-order valence-corrected chi connectivity index (χ4v) is 4.08. The van der Waals surface area contributed by atoms with Crippen LogP contribution in [0.1, 0.15) is 19.5 Å². The lowest BCUT2D eigenvalue weighted by atomic mass is 10.1. The fourth-order valence-electron chi connectivity index (χ4n) is 3.02. The third-order valence-corrected chi connectivity index (χ3v) is 6.60. The molecule has 0 spiro atoms. The molecular formula is C18H18N4O2S. The quantitative estimate of drug-likeness (QED) is 0.612. The second-order valence-electron chi connectivity index (χ2n) is 6.34. The average molecular weight is 354 g/mol. The maximum atomic E-state index is 12.3. The first-order valence-corrected chi connectivity index (χ1v) is 9.59. The van der Waals surface area contributed by atoms with Gasteiger partial charge in [0.1, 0.15) is 6.33 Å². The van der Waals surface area contributed by atoms with Crippen molar-refractivity contribution in [1.29, 1.82) is 0 Å². The zero-order valence-corrected chi connectivity index (χ0v) is 15.0. The number of nitrogens with one attached hydrogen (secondary N) is 1. The maximum absolute atomic E-state index is 12.3. The molecule has 0 unspecified atom stereocenters. The summed E-state index contributed by atoms with van der Waals surface area (Å²) in [5.41, 5.74) is 5.21. The minimum Gasteiger partial charge on any atom is -0.345 e. The molecule has 0 saturated heterocycles. The standard InChI is InChI=1S/C18H18N4O2S/c1-11(2)25(23,24)14-6-4-13(5-7-14)16-17-12(3)21-18-15(8-9-19-18)22(17)10-20-16/h4-11,19H,1-3H3. The summed E-state index contributed by atoms with van der Waals surface area (Å²) in [7, 11) is -3.28.